The number of amidine groups is 1. The van der Waals surface area contributed by atoms with Crippen LogP contribution < -0.4 is 16.4 Å². The van der Waals surface area contributed by atoms with Crippen molar-refractivity contribution in [3.63, 3.8) is 0 Å². The van der Waals surface area contributed by atoms with E-state index >= 15 is 0 Å². The van der Waals surface area contributed by atoms with Gasteiger partial charge >= 0.3 is 6.09 Å². The minimum atomic E-state index is -0.780. The second-order valence-corrected chi connectivity index (χ2v) is 13.4. The van der Waals surface area contributed by atoms with E-state index in [2.05, 4.69) is 10.6 Å². The van der Waals surface area contributed by atoms with Crippen molar-refractivity contribution < 1.29 is 19.1 Å². The lowest BCUT2D eigenvalue weighted by atomic mass is 9.81. The molecule has 0 unspecified atom stereocenters. The molecule has 1 saturated heterocycles. The Balaban J connectivity index is 1.64. The Morgan fingerprint density at radius 3 is 2.38 bits per heavy atom. The van der Waals surface area contributed by atoms with E-state index in [9.17, 15) is 14.4 Å². The molecular weight excluding hydrogens is 490 g/mol. The molecule has 0 bridgehead atoms. The first-order valence-electron chi connectivity index (χ1n) is 14.2. The predicted octanol–water partition coefficient (Wildman–Crippen LogP) is 3.80. The first-order valence-corrected chi connectivity index (χ1v) is 15.0. The fraction of sp³-hybridized carbons (Fsp3) is 0.852. The molecule has 0 aromatic heterocycles. The van der Waals surface area contributed by atoms with Crippen molar-refractivity contribution in [2.24, 2.45) is 17.6 Å². The number of carbonyl (C=O) groups is 3. The molecule has 0 aromatic carbocycles. The van der Waals surface area contributed by atoms with Crippen molar-refractivity contribution in [3.8, 4) is 0 Å². The van der Waals surface area contributed by atoms with Crippen LogP contribution in [0.3, 0.4) is 0 Å². The number of hydrogen-bond acceptors (Lipinski definition) is 6. The van der Waals surface area contributed by atoms with E-state index in [0.29, 0.717) is 43.7 Å². The number of ether oxygens (including phenoxy) is 1. The maximum absolute atomic E-state index is 13.9. The first kappa shape index (κ1) is 29.6. The van der Waals surface area contributed by atoms with Crippen molar-refractivity contribution in [2.45, 2.75) is 113 Å². The molecule has 1 aliphatic heterocycles. The Hall–Kier alpha value is -1.97. The third-order valence-electron chi connectivity index (χ3n) is 8.10. The quantitative estimate of drug-likeness (QED) is 0.234. The lowest BCUT2D eigenvalue weighted by Crippen LogP contribution is -2.60. The summed E-state index contributed by atoms with van der Waals surface area (Å²) in [6, 6.07) is -1.30. The highest BCUT2D eigenvalue weighted by molar-refractivity contribution is 8.01. The molecule has 210 valence electrons. The van der Waals surface area contributed by atoms with Crippen LogP contribution in [0.25, 0.3) is 0 Å². The topological polar surface area (TPSA) is 138 Å². The molecule has 0 spiro atoms. The first-order chi connectivity index (χ1) is 17.6. The van der Waals surface area contributed by atoms with Crippen LogP contribution in [-0.4, -0.2) is 70.4 Å². The van der Waals surface area contributed by atoms with Gasteiger partial charge in [0.1, 0.15) is 12.1 Å². The molecule has 2 atom stereocenters. The molecule has 0 aromatic rings. The summed E-state index contributed by atoms with van der Waals surface area (Å²) in [6.07, 6.45) is 9.81. The van der Waals surface area contributed by atoms with Crippen molar-refractivity contribution >= 4 is 35.5 Å². The van der Waals surface area contributed by atoms with Gasteiger partial charge in [-0.15, -0.1) is 11.8 Å². The van der Waals surface area contributed by atoms with Gasteiger partial charge in [0.2, 0.25) is 11.8 Å². The van der Waals surface area contributed by atoms with E-state index in [1.54, 1.807) is 16.7 Å². The van der Waals surface area contributed by atoms with Crippen molar-refractivity contribution in [1.82, 2.24) is 15.5 Å². The highest BCUT2D eigenvalue weighted by Gasteiger charge is 2.45. The average molecular weight is 538 g/mol. The van der Waals surface area contributed by atoms with Gasteiger partial charge in [-0.1, -0.05) is 19.8 Å². The van der Waals surface area contributed by atoms with E-state index in [4.69, 9.17) is 15.9 Å². The molecule has 9 nitrogen and oxygen atoms in total. The van der Waals surface area contributed by atoms with Crippen LogP contribution >= 0.6 is 11.8 Å². The standard InChI is InChI=1S/C27H47N5O4S/c1-4-16-36-26(35)31-22(27(2,3)37-20-8-5-6-9-20)25(34)32-15-7-10-21(32)24(33)30-17-18-11-13-19(14-12-18)23(28)29/h18-22H,4-17H2,1-3H3,(H3,28,29)(H,30,33)(H,31,35)/t18?,19?,21-,22-/m0/s1. The van der Waals surface area contributed by atoms with E-state index in [-0.39, 0.29) is 23.6 Å². The van der Waals surface area contributed by atoms with Gasteiger partial charge < -0.3 is 26.0 Å². The van der Waals surface area contributed by atoms with Crippen molar-refractivity contribution in [1.29, 1.82) is 5.41 Å². The van der Waals surface area contributed by atoms with Gasteiger partial charge in [-0.2, -0.15) is 0 Å². The average Bonchev–Trinajstić information content (AvgIpc) is 3.56. The summed E-state index contributed by atoms with van der Waals surface area (Å²) in [4.78, 5) is 41.4. The number of likely N-dealkylation sites (tertiary alicyclic amines) is 1. The summed E-state index contributed by atoms with van der Waals surface area (Å²) < 4.78 is 4.73. The number of amides is 3. The summed E-state index contributed by atoms with van der Waals surface area (Å²) in [6.45, 7) is 7.34. The number of nitrogens with zero attached hydrogens (tertiary/aromatic N) is 1. The smallest absolute Gasteiger partial charge is 0.407 e. The van der Waals surface area contributed by atoms with Crippen LogP contribution in [0.4, 0.5) is 4.79 Å². The molecule has 2 aliphatic carbocycles. The van der Waals surface area contributed by atoms with Crippen molar-refractivity contribution in [2.75, 3.05) is 19.7 Å². The molecule has 1 heterocycles. The second kappa shape index (κ2) is 13.7. The number of nitrogens with two attached hydrogens (primary N) is 1. The third kappa shape index (κ3) is 8.26. The van der Waals surface area contributed by atoms with Crippen LogP contribution in [0.15, 0.2) is 0 Å². The fourth-order valence-electron chi connectivity index (χ4n) is 5.90. The van der Waals surface area contributed by atoms with Gasteiger partial charge in [0, 0.05) is 29.0 Å². The summed E-state index contributed by atoms with van der Waals surface area (Å²) >= 11 is 1.77. The summed E-state index contributed by atoms with van der Waals surface area (Å²) in [5.74, 6) is 0.471. The number of carbonyl (C=O) groups excluding carboxylic acids is 3. The van der Waals surface area contributed by atoms with E-state index in [1.807, 2.05) is 20.8 Å². The summed E-state index contributed by atoms with van der Waals surface area (Å²) in [7, 11) is 0. The monoisotopic (exact) mass is 537 g/mol. The van der Waals surface area contributed by atoms with Crippen LogP contribution in [0.1, 0.15) is 91.4 Å². The SMILES string of the molecule is CCCOC(=O)N[C@@H](C(=O)N1CCC[C@H]1C(=O)NCC1CCC(C(=N)N)CC1)C(C)(C)SC1CCCC1. The minimum Gasteiger partial charge on any atom is -0.450 e. The Bertz CT molecular complexity index is 809. The number of alkyl carbamates (subject to hydrolysis) is 1. The highest BCUT2D eigenvalue weighted by atomic mass is 32.2. The van der Waals surface area contributed by atoms with Gasteiger partial charge in [0.05, 0.1) is 12.4 Å². The number of hydrogen-bond donors (Lipinski definition) is 4. The van der Waals surface area contributed by atoms with Gasteiger partial charge in [0.25, 0.3) is 0 Å². The molecule has 0 radical (unpaired) electrons. The van der Waals surface area contributed by atoms with E-state index in [1.165, 1.54) is 12.8 Å². The van der Waals surface area contributed by atoms with E-state index in [0.717, 1.165) is 44.9 Å². The number of nitrogens with one attached hydrogen (secondary N) is 3. The zero-order chi connectivity index (χ0) is 27.0. The molecule has 3 fully saturated rings. The molecule has 3 aliphatic rings. The largest absolute Gasteiger partial charge is 0.450 e. The zero-order valence-corrected chi connectivity index (χ0v) is 23.7. The molecule has 10 heteroatoms. The van der Waals surface area contributed by atoms with Gasteiger partial charge in [-0.25, -0.2) is 4.79 Å². The highest BCUT2D eigenvalue weighted by Crippen LogP contribution is 2.40. The summed E-state index contributed by atoms with van der Waals surface area (Å²) in [5, 5.41) is 14.1. The third-order valence-corrected chi connectivity index (χ3v) is 9.75. The molecular formula is C27H47N5O4S. The maximum atomic E-state index is 13.9. The van der Waals surface area contributed by atoms with Crippen LogP contribution in [-0.2, 0) is 14.3 Å². The van der Waals surface area contributed by atoms with Crippen LogP contribution in [0, 0.1) is 17.2 Å². The van der Waals surface area contributed by atoms with Crippen LogP contribution in [0.5, 0.6) is 0 Å². The molecule has 5 N–H and O–H groups in total. The summed E-state index contributed by atoms with van der Waals surface area (Å²) in [5.41, 5.74) is 5.66. The molecule has 3 rings (SSSR count). The molecule has 37 heavy (non-hydrogen) atoms. The number of thioether (sulfide) groups is 1. The minimum absolute atomic E-state index is 0.117. The van der Waals surface area contributed by atoms with E-state index < -0.39 is 22.9 Å². The lowest BCUT2D eigenvalue weighted by Gasteiger charge is -2.38. The normalized spacial score (nSPS) is 25.5. The predicted molar refractivity (Wildman–Crippen MR) is 148 cm³/mol. The Labute approximate surface area is 226 Å². The Kier molecular flexibility index (Phi) is 11.0. The molecule has 3 amide bonds. The van der Waals surface area contributed by atoms with Gasteiger partial charge in [0.15, 0.2) is 0 Å². The number of rotatable bonds is 11. The Morgan fingerprint density at radius 2 is 1.76 bits per heavy atom. The van der Waals surface area contributed by atoms with Gasteiger partial charge in [-0.3, -0.25) is 15.0 Å². The molecule has 2 saturated carbocycles. The zero-order valence-electron chi connectivity index (χ0n) is 22.9. The lowest BCUT2D eigenvalue weighted by molar-refractivity contribution is -0.140. The van der Waals surface area contributed by atoms with Crippen LogP contribution in [0.2, 0.25) is 0 Å². The van der Waals surface area contributed by atoms with Crippen molar-refractivity contribution in [3.05, 3.63) is 0 Å². The van der Waals surface area contributed by atoms with Gasteiger partial charge in [-0.05, 0) is 77.6 Å². The second-order valence-electron chi connectivity index (χ2n) is 11.4. The maximum Gasteiger partial charge on any atom is 0.407 e. The fourth-order valence-corrected chi connectivity index (χ4v) is 7.62. The Morgan fingerprint density at radius 1 is 1.08 bits per heavy atom.